The highest BCUT2D eigenvalue weighted by Gasteiger charge is 2.28. The van der Waals surface area contributed by atoms with Gasteiger partial charge >= 0.3 is 0 Å². The van der Waals surface area contributed by atoms with Crippen LogP contribution in [0.15, 0.2) is 59.8 Å². The monoisotopic (exact) mass is 515 g/mol. The lowest BCUT2D eigenvalue weighted by molar-refractivity contribution is 0.0172. The molecule has 1 aromatic carbocycles. The Morgan fingerprint density at radius 1 is 1.08 bits per heavy atom. The molecular weight excluding hydrogens is 495 g/mol. The molecule has 1 unspecified atom stereocenters. The van der Waals surface area contributed by atoms with E-state index in [4.69, 9.17) is 0 Å². The summed E-state index contributed by atoms with van der Waals surface area (Å²) in [5, 5.41) is 2.65. The Kier molecular flexibility index (Phi) is 6.48. The second kappa shape index (κ2) is 9.26. The number of fused-ring (bicyclic) bond motifs is 1. The first-order valence-corrected chi connectivity index (χ1v) is 12.5. The molecular formula is C24H20F3N5O3S. The highest BCUT2D eigenvalue weighted by Crippen LogP contribution is 2.31. The molecule has 0 aliphatic heterocycles. The molecule has 4 rings (SSSR count). The summed E-state index contributed by atoms with van der Waals surface area (Å²) in [6.45, 7) is 2.19. The minimum Gasteiger partial charge on any atom is -0.344 e. The summed E-state index contributed by atoms with van der Waals surface area (Å²) in [6.07, 6.45) is 3.40. The molecule has 0 saturated heterocycles. The van der Waals surface area contributed by atoms with E-state index in [0.29, 0.717) is 12.4 Å². The number of nitrogens with one attached hydrogen (secondary N) is 1. The van der Waals surface area contributed by atoms with Gasteiger partial charge in [-0.3, -0.25) is 9.78 Å². The Balaban J connectivity index is 1.76. The van der Waals surface area contributed by atoms with Crippen LogP contribution in [0.5, 0.6) is 0 Å². The Labute approximate surface area is 204 Å². The van der Waals surface area contributed by atoms with Crippen molar-refractivity contribution in [3.63, 3.8) is 0 Å². The largest absolute Gasteiger partial charge is 0.344 e. The van der Waals surface area contributed by atoms with Crippen molar-refractivity contribution in [3.8, 4) is 11.4 Å². The maximum Gasteiger partial charge on any atom is 0.270 e. The first kappa shape index (κ1) is 25.2. The fourth-order valence-electron chi connectivity index (χ4n) is 3.46. The van der Waals surface area contributed by atoms with Crippen LogP contribution in [0.3, 0.4) is 0 Å². The molecule has 4 aromatic rings. The number of aromatic nitrogens is 4. The quantitative estimate of drug-likeness (QED) is 0.409. The molecule has 3 heterocycles. The Morgan fingerprint density at radius 2 is 1.83 bits per heavy atom. The zero-order valence-electron chi connectivity index (χ0n) is 19.3. The standard InChI is InChI=1S/C24H20F3N5O3S/c1-13(30-23(33)14-9-15(24(2,26)27)11-17(10-14)36(3,34)35)20-21(18-7-6-16(25)12-29-18)31-19-5-4-8-28-22(19)32-20/h4-13H,1-3H3,(H,30,33). The van der Waals surface area contributed by atoms with E-state index in [9.17, 15) is 26.4 Å². The van der Waals surface area contributed by atoms with Crippen LogP contribution in [0.1, 0.15) is 41.5 Å². The third-order valence-electron chi connectivity index (χ3n) is 5.30. The molecule has 0 saturated carbocycles. The molecule has 8 nitrogen and oxygen atoms in total. The Morgan fingerprint density at radius 3 is 2.47 bits per heavy atom. The van der Waals surface area contributed by atoms with Crippen molar-refractivity contribution in [1.82, 2.24) is 25.3 Å². The van der Waals surface area contributed by atoms with Crippen LogP contribution in [0.2, 0.25) is 0 Å². The molecule has 3 aromatic heterocycles. The summed E-state index contributed by atoms with van der Waals surface area (Å²) in [5.74, 6) is -4.73. The average Bonchev–Trinajstić information content (AvgIpc) is 2.82. The van der Waals surface area contributed by atoms with Crippen molar-refractivity contribution in [2.75, 3.05) is 6.26 Å². The van der Waals surface area contributed by atoms with Crippen molar-refractivity contribution in [2.45, 2.75) is 30.7 Å². The van der Waals surface area contributed by atoms with Crippen LogP contribution in [0.4, 0.5) is 13.2 Å². The first-order chi connectivity index (χ1) is 16.8. The molecule has 12 heteroatoms. The van der Waals surface area contributed by atoms with Gasteiger partial charge in [0.15, 0.2) is 15.5 Å². The van der Waals surface area contributed by atoms with Crippen LogP contribution in [-0.4, -0.2) is 40.5 Å². The van der Waals surface area contributed by atoms with E-state index in [1.165, 1.54) is 18.3 Å². The molecule has 0 aliphatic rings. The van der Waals surface area contributed by atoms with E-state index in [2.05, 4.69) is 25.3 Å². The van der Waals surface area contributed by atoms with E-state index < -0.39 is 44.0 Å². The predicted molar refractivity (Wildman–Crippen MR) is 126 cm³/mol. The van der Waals surface area contributed by atoms with E-state index in [1.807, 2.05) is 0 Å². The number of carbonyl (C=O) groups is 1. The lowest BCUT2D eigenvalue weighted by Crippen LogP contribution is -2.28. The van der Waals surface area contributed by atoms with E-state index in [0.717, 1.165) is 30.7 Å². The molecule has 0 aliphatic carbocycles. The van der Waals surface area contributed by atoms with Crippen LogP contribution in [0.25, 0.3) is 22.6 Å². The van der Waals surface area contributed by atoms with Gasteiger partial charge in [0.05, 0.1) is 28.5 Å². The molecule has 0 radical (unpaired) electrons. The van der Waals surface area contributed by atoms with Crippen LogP contribution in [0, 0.1) is 5.82 Å². The van der Waals surface area contributed by atoms with Gasteiger partial charge < -0.3 is 5.32 Å². The number of alkyl halides is 2. The zero-order chi connectivity index (χ0) is 26.3. The van der Waals surface area contributed by atoms with E-state index in [1.54, 1.807) is 19.1 Å². The van der Waals surface area contributed by atoms with Gasteiger partial charge in [0.1, 0.15) is 17.0 Å². The Hall–Kier alpha value is -3.93. The molecule has 1 N–H and O–H groups in total. The highest BCUT2D eigenvalue weighted by atomic mass is 32.2. The predicted octanol–water partition coefficient (Wildman–Crippen LogP) is 4.23. The number of benzene rings is 1. The van der Waals surface area contributed by atoms with Gasteiger partial charge in [-0.15, -0.1) is 0 Å². The van der Waals surface area contributed by atoms with Crippen LogP contribution < -0.4 is 5.32 Å². The van der Waals surface area contributed by atoms with Gasteiger partial charge in [-0.2, -0.15) is 0 Å². The number of sulfone groups is 1. The van der Waals surface area contributed by atoms with Gasteiger partial charge in [0, 0.05) is 30.5 Å². The highest BCUT2D eigenvalue weighted by molar-refractivity contribution is 7.90. The SMILES string of the molecule is CC(NC(=O)c1cc(C(C)(F)F)cc(S(C)(=O)=O)c1)c1nc2ncccc2nc1-c1ccc(F)cn1. The van der Waals surface area contributed by atoms with Crippen LogP contribution in [-0.2, 0) is 15.8 Å². The normalized spacial score (nSPS) is 12.9. The minimum absolute atomic E-state index is 0.244. The summed E-state index contributed by atoms with van der Waals surface area (Å²) in [7, 11) is -3.88. The smallest absolute Gasteiger partial charge is 0.270 e. The van der Waals surface area contributed by atoms with E-state index >= 15 is 0 Å². The number of carbonyl (C=O) groups excluding carboxylic acids is 1. The number of pyridine rings is 2. The molecule has 0 spiro atoms. The first-order valence-electron chi connectivity index (χ1n) is 10.6. The summed E-state index contributed by atoms with van der Waals surface area (Å²) in [5.41, 5.74) is 0.632. The van der Waals surface area contributed by atoms with Gasteiger partial charge in [-0.25, -0.2) is 36.5 Å². The van der Waals surface area contributed by atoms with Gasteiger partial charge in [0.2, 0.25) is 0 Å². The average molecular weight is 516 g/mol. The third kappa shape index (κ3) is 5.33. The topological polar surface area (TPSA) is 115 Å². The third-order valence-corrected chi connectivity index (χ3v) is 6.39. The fraction of sp³-hybridized carbons (Fsp3) is 0.208. The second-order valence-corrected chi connectivity index (χ2v) is 10.3. The Bertz CT molecular complexity index is 1570. The molecule has 1 amide bonds. The van der Waals surface area contributed by atoms with Crippen molar-refractivity contribution >= 4 is 26.9 Å². The zero-order valence-corrected chi connectivity index (χ0v) is 20.1. The van der Waals surface area contributed by atoms with Gasteiger partial charge in [-0.1, -0.05) is 0 Å². The maximum atomic E-state index is 14.0. The lowest BCUT2D eigenvalue weighted by Gasteiger charge is -2.18. The molecule has 0 bridgehead atoms. The van der Waals surface area contributed by atoms with Gasteiger partial charge in [0.25, 0.3) is 11.8 Å². The minimum atomic E-state index is -3.88. The summed E-state index contributed by atoms with van der Waals surface area (Å²) < 4.78 is 65.6. The fourth-order valence-corrected chi connectivity index (χ4v) is 4.14. The lowest BCUT2D eigenvalue weighted by atomic mass is 10.0. The van der Waals surface area contributed by atoms with E-state index in [-0.39, 0.29) is 28.3 Å². The van der Waals surface area contributed by atoms with Crippen molar-refractivity contribution in [1.29, 1.82) is 0 Å². The van der Waals surface area contributed by atoms with Crippen molar-refractivity contribution in [2.24, 2.45) is 0 Å². The number of hydrogen-bond acceptors (Lipinski definition) is 7. The number of halogens is 3. The number of nitrogens with zero attached hydrogens (tertiary/aromatic N) is 4. The summed E-state index contributed by atoms with van der Waals surface area (Å²) in [6, 6.07) is 7.92. The molecule has 186 valence electrons. The second-order valence-electron chi connectivity index (χ2n) is 8.27. The number of hydrogen-bond donors (Lipinski definition) is 1. The molecule has 1 atom stereocenters. The summed E-state index contributed by atoms with van der Waals surface area (Å²) in [4.78, 5) is 29.9. The van der Waals surface area contributed by atoms with Crippen LogP contribution >= 0.6 is 0 Å². The molecule has 36 heavy (non-hydrogen) atoms. The number of amides is 1. The number of rotatable bonds is 6. The summed E-state index contributed by atoms with van der Waals surface area (Å²) >= 11 is 0. The van der Waals surface area contributed by atoms with Crippen molar-refractivity contribution in [3.05, 3.63) is 77.5 Å². The van der Waals surface area contributed by atoms with Crippen molar-refractivity contribution < 1.29 is 26.4 Å². The molecule has 0 fully saturated rings. The maximum absolute atomic E-state index is 14.0. The van der Waals surface area contributed by atoms with Gasteiger partial charge in [-0.05, 0) is 49.4 Å².